The molecule has 0 saturated carbocycles. The van der Waals surface area contributed by atoms with E-state index in [4.69, 9.17) is 5.73 Å². The van der Waals surface area contributed by atoms with Crippen LogP contribution in [-0.4, -0.2) is 21.3 Å². The average Bonchev–Trinajstić information content (AvgIpc) is 2.86. The van der Waals surface area contributed by atoms with Crippen LogP contribution in [0.3, 0.4) is 0 Å². The lowest BCUT2D eigenvalue weighted by Gasteiger charge is -2.24. The van der Waals surface area contributed by atoms with Gasteiger partial charge in [-0.3, -0.25) is 0 Å². The fraction of sp³-hybridized carbons (Fsp3) is 0.500. The molecule has 5 nitrogen and oxygen atoms in total. The summed E-state index contributed by atoms with van der Waals surface area (Å²) in [6, 6.07) is 8.01. The Balaban J connectivity index is 2.16. The molecule has 2 aromatic rings. The first-order valence-electron chi connectivity index (χ1n) is 7.57. The number of aromatic nitrogens is 3. The lowest BCUT2D eigenvalue weighted by molar-refractivity contribution is 0.463. The van der Waals surface area contributed by atoms with E-state index in [0.29, 0.717) is 5.92 Å². The number of hydrogen-bond acceptors (Lipinski definition) is 4. The number of anilines is 2. The van der Waals surface area contributed by atoms with Crippen LogP contribution in [0.4, 0.5) is 11.4 Å². The fourth-order valence-corrected chi connectivity index (χ4v) is 2.33. The molecule has 0 aliphatic heterocycles. The SMILES string of the molecule is CCCN(Cc1ncnn1CC(C)C)c1ccc(N)cc1. The first-order chi connectivity index (χ1) is 10.1. The van der Waals surface area contributed by atoms with Crippen molar-refractivity contribution in [2.45, 2.75) is 40.3 Å². The Kier molecular flexibility index (Phi) is 5.20. The van der Waals surface area contributed by atoms with Gasteiger partial charge in [0.15, 0.2) is 0 Å². The van der Waals surface area contributed by atoms with Gasteiger partial charge in [-0.25, -0.2) is 9.67 Å². The quantitative estimate of drug-likeness (QED) is 0.795. The Morgan fingerprint density at radius 1 is 1.24 bits per heavy atom. The highest BCUT2D eigenvalue weighted by Crippen LogP contribution is 2.19. The summed E-state index contributed by atoms with van der Waals surface area (Å²) in [5.74, 6) is 1.57. The van der Waals surface area contributed by atoms with E-state index in [1.807, 2.05) is 16.8 Å². The van der Waals surface area contributed by atoms with E-state index in [2.05, 4.69) is 47.9 Å². The molecule has 0 aliphatic rings. The Labute approximate surface area is 126 Å². The first-order valence-corrected chi connectivity index (χ1v) is 7.57. The number of nitrogens with zero attached hydrogens (tertiary/aromatic N) is 4. The van der Waals surface area contributed by atoms with E-state index < -0.39 is 0 Å². The summed E-state index contributed by atoms with van der Waals surface area (Å²) in [4.78, 5) is 6.74. The summed E-state index contributed by atoms with van der Waals surface area (Å²) in [6.45, 7) is 9.22. The molecule has 0 aliphatic carbocycles. The van der Waals surface area contributed by atoms with Crippen molar-refractivity contribution in [3.63, 3.8) is 0 Å². The van der Waals surface area contributed by atoms with Crippen LogP contribution in [0.25, 0.3) is 0 Å². The third kappa shape index (κ3) is 4.21. The molecule has 0 fully saturated rings. The molecule has 5 heteroatoms. The summed E-state index contributed by atoms with van der Waals surface area (Å²) < 4.78 is 2.00. The standard InChI is InChI=1S/C16H25N5/c1-4-9-20(15-7-5-14(17)6-8-15)11-16-18-12-19-21(16)10-13(2)3/h5-8,12-13H,4,9-11,17H2,1-3H3. The number of benzene rings is 1. The van der Waals surface area contributed by atoms with Gasteiger partial charge in [0.1, 0.15) is 12.2 Å². The van der Waals surface area contributed by atoms with Crippen LogP contribution in [-0.2, 0) is 13.1 Å². The fourth-order valence-electron chi connectivity index (χ4n) is 2.33. The van der Waals surface area contributed by atoms with Gasteiger partial charge in [0.2, 0.25) is 0 Å². The van der Waals surface area contributed by atoms with Crippen molar-refractivity contribution in [3.05, 3.63) is 36.4 Å². The zero-order valence-electron chi connectivity index (χ0n) is 13.2. The largest absolute Gasteiger partial charge is 0.399 e. The molecule has 1 heterocycles. The minimum atomic E-state index is 0.557. The first kappa shape index (κ1) is 15.4. The molecule has 1 aromatic heterocycles. The molecule has 2 N–H and O–H groups in total. The van der Waals surface area contributed by atoms with Crippen molar-refractivity contribution in [1.82, 2.24) is 14.8 Å². The number of nitrogen functional groups attached to an aromatic ring is 1. The number of rotatable bonds is 7. The maximum atomic E-state index is 5.77. The minimum Gasteiger partial charge on any atom is -0.399 e. The molecule has 2 rings (SSSR count). The maximum absolute atomic E-state index is 5.77. The van der Waals surface area contributed by atoms with Gasteiger partial charge in [-0.2, -0.15) is 5.10 Å². The van der Waals surface area contributed by atoms with Gasteiger partial charge in [-0.05, 0) is 36.6 Å². The molecule has 0 radical (unpaired) electrons. The van der Waals surface area contributed by atoms with Crippen LogP contribution in [0, 0.1) is 5.92 Å². The lowest BCUT2D eigenvalue weighted by atomic mass is 10.2. The van der Waals surface area contributed by atoms with Gasteiger partial charge in [-0.1, -0.05) is 20.8 Å². The van der Waals surface area contributed by atoms with Crippen LogP contribution in [0.15, 0.2) is 30.6 Å². The molecule has 0 saturated heterocycles. The van der Waals surface area contributed by atoms with E-state index in [0.717, 1.165) is 37.6 Å². The van der Waals surface area contributed by atoms with Crippen molar-refractivity contribution in [2.75, 3.05) is 17.2 Å². The smallest absolute Gasteiger partial charge is 0.146 e. The molecular formula is C16H25N5. The predicted molar refractivity (Wildman–Crippen MR) is 87.1 cm³/mol. The molecule has 114 valence electrons. The Bertz CT molecular complexity index is 544. The van der Waals surface area contributed by atoms with Crippen molar-refractivity contribution >= 4 is 11.4 Å². The monoisotopic (exact) mass is 287 g/mol. The van der Waals surface area contributed by atoms with Gasteiger partial charge < -0.3 is 10.6 Å². The maximum Gasteiger partial charge on any atom is 0.146 e. The predicted octanol–water partition coefficient (Wildman–Crippen LogP) is 2.93. The third-order valence-electron chi connectivity index (χ3n) is 3.32. The van der Waals surface area contributed by atoms with Gasteiger partial charge in [0.05, 0.1) is 6.54 Å². The summed E-state index contributed by atoms with van der Waals surface area (Å²) in [5.41, 5.74) is 7.73. The van der Waals surface area contributed by atoms with Crippen molar-refractivity contribution in [1.29, 1.82) is 0 Å². The molecule has 0 bridgehead atoms. The second kappa shape index (κ2) is 7.11. The van der Waals surface area contributed by atoms with Crippen LogP contribution >= 0.6 is 0 Å². The number of nitrogens with two attached hydrogens (primary N) is 1. The molecule has 0 amide bonds. The Morgan fingerprint density at radius 2 is 1.95 bits per heavy atom. The van der Waals surface area contributed by atoms with E-state index in [9.17, 15) is 0 Å². The highest BCUT2D eigenvalue weighted by Gasteiger charge is 2.12. The third-order valence-corrected chi connectivity index (χ3v) is 3.32. The molecular weight excluding hydrogens is 262 g/mol. The zero-order chi connectivity index (χ0) is 15.2. The van der Waals surface area contributed by atoms with Crippen molar-refractivity contribution < 1.29 is 0 Å². The second-order valence-corrected chi connectivity index (χ2v) is 5.77. The van der Waals surface area contributed by atoms with Crippen LogP contribution in [0.5, 0.6) is 0 Å². The summed E-state index contributed by atoms with van der Waals surface area (Å²) in [5, 5.41) is 4.34. The summed E-state index contributed by atoms with van der Waals surface area (Å²) in [6.07, 6.45) is 2.73. The normalized spacial score (nSPS) is 11.0. The van der Waals surface area contributed by atoms with Gasteiger partial charge >= 0.3 is 0 Å². The molecule has 0 unspecified atom stereocenters. The topological polar surface area (TPSA) is 60.0 Å². The van der Waals surface area contributed by atoms with Crippen LogP contribution < -0.4 is 10.6 Å². The highest BCUT2D eigenvalue weighted by molar-refractivity contribution is 5.53. The molecule has 0 spiro atoms. The van der Waals surface area contributed by atoms with E-state index in [1.54, 1.807) is 6.33 Å². The molecule has 0 atom stereocenters. The zero-order valence-corrected chi connectivity index (χ0v) is 13.2. The Morgan fingerprint density at radius 3 is 2.57 bits per heavy atom. The summed E-state index contributed by atoms with van der Waals surface area (Å²) in [7, 11) is 0. The van der Waals surface area contributed by atoms with Crippen LogP contribution in [0.1, 0.15) is 33.0 Å². The van der Waals surface area contributed by atoms with Crippen LogP contribution in [0.2, 0.25) is 0 Å². The second-order valence-electron chi connectivity index (χ2n) is 5.77. The lowest BCUT2D eigenvalue weighted by Crippen LogP contribution is -2.26. The van der Waals surface area contributed by atoms with E-state index in [-0.39, 0.29) is 0 Å². The highest BCUT2D eigenvalue weighted by atomic mass is 15.3. The number of hydrogen-bond donors (Lipinski definition) is 1. The van der Waals surface area contributed by atoms with Gasteiger partial charge in [-0.15, -0.1) is 0 Å². The van der Waals surface area contributed by atoms with Gasteiger partial charge in [0, 0.05) is 24.5 Å². The minimum absolute atomic E-state index is 0.557. The molecule has 1 aromatic carbocycles. The molecule has 21 heavy (non-hydrogen) atoms. The van der Waals surface area contributed by atoms with Crippen molar-refractivity contribution in [2.24, 2.45) is 5.92 Å². The average molecular weight is 287 g/mol. The van der Waals surface area contributed by atoms with Gasteiger partial charge in [0.25, 0.3) is 0 Å². The van der Waals surface area contributed by atoms with E-state index in [1.165, 1.54) is 5.69 Å². The van der Waals surface area contributed by atoms with E-state index >= 15 is 0 Å². The van der Waals surface area contributed by atoms with Crippen molar-refractivity contribution in [3.8, 4) is 0 Å². The Hall–Kier alpha value is -2.04. The summed E-state index contributed by atoms with van der Waals surface area (Å²) >= 11 is 0.